The van der Waals surface area contributed by atoms with Crippen LogP contribution in [0.2, 0.25) is 5.02 Å². The minimum absolute atomic E-state index is 0.0480. The molecule has 1 aromatic heterocycles. The Morgan fingerprint density at radius 2 is 1.89 bits per heavy atom. The smallest absolute Gasteiger partial charge is 0.299 e. The number of aryl methyl sites for hydroxylation is 2. The number of halogens is 2. The minimum Gasteiger partial charge on any atom is -0.343 e. The van der Waals surface area contributed by atoms with Gasteiger partial charge in [0.2, 0.25) is 0 Å². The van der Waals surface area contributed by atoms with Crippen LogP contribution in [0.1, 0.15) is 36.8 Å². The van der Waals surface area contributed by atoms with E-state index in [1.165, 1.54) is 29.0 Å². The lowest BCUT2D eigenvalue weighted by Gasteiger charge is -2.20. The van der Waals surface area contributed by atoms with Crippen LogP contribution in [0.4, 0.5) is 15.8 Å². The van der Waals surface area contributed by atoms with Crippen molar-refractivity contribution in [2.75, 3.05) is 10.0 Å². The molecule has 2 aromatic rings. The molecule has 0 aliphatic carbocycles. The van der Waals surface area contributed by atoms with Crippen molar-refractivity contribution < 1.29 is 17.6 Å². The van der Waals surface area contributed by atoms with Crippen LogP contribution in [0.3, 0.4) is 0 Å². The topological polar surface area (TPSA) is 92.2 Å². The van der Waals surface area contributed by atoms with E-state index in [4.69, 9.17) is 11.6 Å². The first-order chi connectivity index (χ1) is 12.3. The van der Waals surface area contributed by atoms with Crippen LogP contribution in [0.25, 0.3) is 0 Å². The predicted molar refractivity (Wildman–Crippen MR) is 105 cm³/mol. The normalized spacial score (nSPS) is 12.1. The van der Waals surface area contributed by atoms with E-state index in [0.717, 1.165) is 0 Å². The summed E-state index contributed by atoms with van der Waals surface area (Å²) in [5.74, 6) is -0.935. The first-order valence-corrected chi connectivity index (χ1v) is 9.89. The van der Waals surface area contributed by atoms with Crippen LogP contribution in [-0.4, -0.2) is 24.4 Å². The first-order valence-electron chi connectivity index (χ1n) is 8.03. The molecule has 0 fully saturated rings. The summed E-state index contributed by atoms with van der Waals surface area (Å²) in [6, 6.07) is 4.16. The maximum absolute atomic E-state index is 13.4. The van der Waals surface area contributed by atoms with Crippen molar-refractivity contribution in [2.24, 2.45) is 7.05 Å². The summed E-state index contributed by atoms with van der Waals surface area (Å²) in [5.41, 5.74) is 0.219. The molecule has 0 saturated heterocycles. The molecule has 3 N–H and O–H groups in total. The number of nitrogens with zero attached hydrogens (tertiary/aromatic N) is 1. The van der Waals surface area contributed by atoms with Gasteiger partial charge in [0.25, 0.3) is 16.1 Å². The maximum atomic E-state index is 13.4. The van der Waals surface area contributed by atoms with Gasteiger partial charge < -0.3 is 9.88 Å². The van der Waals surface area contributed by atoms with E-state index in [9.17, 15) is 17.6 Å². The summed E-state index contributed by atoms with van der Waals surface area (Å²) in [4.78, 5) is 12.6. The molecule has 7 nitrogen and oxygen atoms in total. The largest absolute Gasteiger partial charge is 0.343 e. The second-order valence-electron chi connectivity index (χ2n) is 7.19. The third-order valence-electron chi connectivity index (χ3n) is 3.44. The van der Waals surface area contributed by atoms with Gasteiger partial charge in [-0.3, -0.25) is 9.52 Å². The number of aromatic nitrogens is 1. The molecular formula is C17H22ClFN4O3S. The fourth-order valence-electron chi connectivity index (χ4n) is 2.41. The van der Waals surface area contributed by atoms with Gasteiger partial charge >= 0.3 is 0 Å². The fourth-order valence-corrected chi connectivity index (χ4v) is 4.09. The second kappa shape index (κ2) is 7.49. The van der Waals surface area contributed by atoms with Crippen molar-refractivity contribution in [1.29, 1.82) is 0 Å². The summed E-state index contributed by atoms with van der Waals surface area (Å²) in [6.07, 6.45) is 1.40. The quantitative estimate of drug-likeness (QED) is 0.697. The third kappa shape index (κ3) is 5.44. The molecule has 148 valence electrons. The molecular weight excluding hydrogens is 395 g/mol. The van der Waals surface area contributed by atoms with Gasteiger partial charge in [0, 0.05) is 24.5 Å². The van der Waals surface area contributed by atoms with Gasteiger partial charge in [0.05, 0.1) is 10.7 Å². The molecule has 0 unspecified atom stereocenters. The molecule has 27 heavy (non-hydrogen) atoms. The number of carbonyl (C=O) groups is 1. The molecule has 10 heteroatoms. The number of anilines is 2. The molecule has 0 aliphatic rings. The predicted octanol–water partition coefficient (Wildman–Crippen LogP) is 3.42. The number of amides is 1. The van der Waals surface area contributed by atoms with Crippen LogP contribution < -0.4 is 14.8 Å². The fraction of sp³-hybridized carbons (Fsp3) is 0.353. The van der Waals surface area contributed by atoms with E-state index >= 15 is 0 Å². The van der Waals surface area contributed by atoms with Gasteiger partial charge in [-0.25, -0.2) is 4.39 Å². The number of carbonyl (C=O) groups excluding carboxylic acids is 1. The van der Waals surface area contributed by atoms with Crippen LogP contribution in [0.5, 0.6) is 0 Å². The summed E-state index contributed by atoms with van der Waals surface area (Å²) < 4.78 is 43.9. The number of hydrogen-bond donors (Lipinski definition) is 3. The lowest BCUT2D eigenvalue weighted by atomic mass is 10.1. The van der Waals surface area contributed by atoms with Crippen molar-refractivity contribution in [3.63, 3.8) is 0 Å². The van der Waals surface area contributed by atoms with Gasteiger partial charge in [0.1, 0.15) is 11.5 Å². The average Bonchev–Trinajstić information content (AvgIpc) is 2.74. The van der Waals surface area contributed by atoms with E-state index in [1.807, 2.05) is 0 Å². The molecule has 2 rings (SSSR count). The van der Waals surface area contributed by atoms with Crippen molar-refractivity contribution >= 4 is 39.1 Å². The molecule has 0 bridgehead atoms. The molecule has 0 radical (unpaired) electrons. The van der Waals surface area contributed by atoms with Crippen molar-refractivity contribution in [3.05, 3.63) is 46.5 Å². The highest BCUT2D eigenvalue weighted by atomic mass is 35.5. The van der Waals surface area contributed by atoms with E-state index in [1.54, 1.807) is 34.7 Å². The highest BCUT2D eigenvalue weighted by Gasteiger charge is 2.25. The Bertz CT molecular complexity index is 981. The van der Waals surface area contributed by atoms with Crippen molar-refractivity contribution in [3.8, 4) is 0 Å². The van der Waals surface area contributed by atoms with Crippen molar-refractivity contribution in [2.45, 2.75) is 33.2 Å². The summed E-state index contributed by atoms with van der Waals surface area (Å²) in [7, 11) is -2.32. The zero-order valence-corrected chi connectivity index (χ0v) is 17.2. The zero-order valence-electron chi connectivity index (χ0n) is 15.6. The van der Waals surface area contributed by atoms with Gasteiger partial charge in [-0.1, -0.05) is 11.6 Å². The highest BCUT2D eigenvalue weighted by Crippen LogP contribution is 2.29. The van der Waals surface area contributed by atoms with E-state index < -0.39 is 21.7 Å². The number of nitrogens with one attached hydrogen (secondary N) is 3. The molecule has 0 spiro atoms. The van der Waals surface area contributed by atoms with Crippen LogP contribution in [0.15, 0.2) is 24.4 Å². The first kappa shape index (κ1) is 21.2. The second-order valence-corrected chi connectivity index (χ2v) is 8.99. The number of hydrogen-bond acceptors (Lipinski definition) is 3. The number of rotatable bonds is 5. The van der Waals surface area contributed by atoms with E-state index in [-0.39, 0.29) is 22.2 Å². The SMILES string of the molecule is Cc1cc(NC(=O)c2c(Cl)c(NS(=O)(=O)NC(C)(C)C)cn2C)ccc1F. The Morgan fingerprint density at radius 1 is 1.26 bits per heavy atom. The Kier molecular flexibility index (Phi) is 5.88. The summed E-state index contributed by atoms with van der Waals surface area (Å²) >= 11 is 6.23. The van der Waals surface area contributed by atoms with Gasteiger partial charge in [-0.15, -0.1) is 0 Å². The Hall–Kier alpha value is -2.10. The lowest BCUT2D eigenvalue weighted by Crippen LogP contribution is -2.43. The standard InChI is InChI=1S/C17H22ClFN4O3S/c1-10-8-11(6-7-12(10)19)20-16(24)15-14(18)13(9-23(15)5)21-27(25,26)22-17(2,3)4/h6-9,21-22H,1-5H3,(H,20,24). The molecule has 0 saturated carbocycles. The summed E-state index contributed by atoms with van der Waals surface area (Å²) in [5, 5.41) is 2.57. The van der Waals surface area contributed by atoms with E-state index in [0.29, 0.717) is 11.3 Å². The maximum Gasteiger partial charge on any atom is 0.299 e. The Balaban J connectivity index is 2.26. The van der Waals surface area contributed by atoms with Gasteiger partial charge in [-0.2, -0.15) is 13.1 Å². The molecule has 0 atom stereocenters. The zero-order chi connectivity index (χ0) is 20.6. The Labute approximate surface area is 163 Å². The average molecular weight is 417 g/mol. The van der Waals surface area contributed by atoms with Gasteiger partial charge in [-0.05, 0) is 51.5 Å². The van der Waals surface area contributed by atoms with Crippen LogP contribution >= 0.6 is 11.6 Å². The van der Waals surface area contributed by atoms with Gasteiger partial charge in [0.15, 0.2) is 0 Å². The summed E-state index contributed by atoms with van der Waals surface area (Å²) in [6.45, 7) is 6.67. The molecule has 1 aromatic carbocycles. The highest BCUT2D eigenvalue weighted by molar-refractivity contribution is 7.90. The Morgan fingerprint density at radius 3 is 2.44 bits per heavy atom. The molecule has 0 aliphatic heterocycles. The minimum atomic E-state index is -3.88. The van der Waals surface area contributed by atoms with E-state index in [2.05, 4.69) is 14.8 Å². The lowest BCUT2D eigenvalue weighted by molar-refractivity contribution is 0.101. The number of benzene rings is 1. The van der Waals surface area contributed by atoms with Crippen LogP contribution in [0, 0.1) is 12.7 Å². The third-order valence-corrected chi connectivity index (χ3v) is 5.19. The monoisotopic (exact) mass is 416 g/mol. The van der Waals surface area contributed by atoms with Crippen molar-refractivity contribution in [1.82, 2.24) is 9.29 Å². The molecule has 1 amide bonds. The van der Waals surface area contributed by atoms with Crippen LogP contribution in [-0.2, 0) is 17.3 Å². The molecule has 1 heterocycles.